The van der Waals surface area contributed by atoms with Crippen molar-refractivity contribution in [1.29, 1.82) is 0 Å². The summed E-state index contributed by atoms with van der Waals surface area (Å²) in [5.74, 6) is 0.672. The summed E-state index contributed by atoms with van der Waals surface area (Å²) >= 11 is 0. The minimum absolute atomic E-state index is 0.279. The van der Waals surface area contributed by atoms with Crippen molar-refractivity contribution in [3.8, 4) is 16.9 Å². The lowest BCUT2D eigenvalue weighted by atomic mass is 10.0. The number of hydrogen-bond acceptors (Lipinski definition) is 3. The first-order valence-corrected chi connectivity index (χ1v) is 6.72. The molecular weight excluding hydrogens is 252 g/mol. The Hall–Kier alpha value is -2.29. The van der Waals surface area contributed by atoms with Crippen molar-refractivity contribution in [3.63, 3.8) is 0 Å². The van der Waals surface area contributed by atoms with Gasteiger partial charge in [-0.05, 0) is 47.2 Å². The van der Waals surface area contributed by atoms with E-state index >= 15 is 0 Å². The number of phenolic OH excluding ortho intramolecular Hbond substituents is 1. The lowest BCUT2D eigenvalue weighted by molar-refractivity contribution is -0.129. The van der Waals surface area contributed by atoms with Crippen molar-refractivity contribution in [3.05, 3.63) is 53.6 Å². The molecule has 1 atom stereocenters. The van der Waals surface area contributed by atoms with Crippen molar-refractivity contribution in [2.45, 2.75) is 12.8 Å². The van der Waals surface area contributed by atoms with Crippen LogP contribution in [0, 0.1) is 5.92 Å². The molecule has 2 aromatic rings. The molecule has 20 heavy (non-hydrogen) atoms. The monoisotopic (exact) mass is 268 g/mol. The number of benzene rings is 2. The zero-order chi connectivity index (χ0) is 13.9. The largest absolute Gasteiger partial charge is 0.508 e. The number of phenols is 1. The first-order valence-electron chi connectivity index (χ1n) is 6.72. The Morgan fingerprint density at radius 1 is 1.05 bits per heavy atom. The van der Waals surface area contributed by atoms with E-state index < -0.39 is 0 Å². The van der Waals surface area contributed by atoms with Crippen molar-refractivity contribution in [2.24, 2.45) is 5.92 Å². The summed E-state index contributed by atoms with van der Waals surface area (Å²) < 4.78 is 4.87. The molecule has 0 aromatic heterocycles. The van der Waals surface area contributed by atoms with Crippen LogP contribution in [-0.4, -0.2) is 18.2 Å². The van der Waals surface area contributed by atoms with Crippen LogP contribution in [0.4, 0.5) is 0 Å². The third-order valence-electron chi connectivity index (χ3n) is 3.82. The van der Waals surface area contributed by atoms with Gasteiger partial charge in [-0.25, -0.2) is 0 Å². The molecule has 0 bridgehead atoms. The summed E-state index contributed by atoms with van der Waals surface area (Å²) in [5, 5.41) is 9.33. The van der Waals surface area contributed by atoms with E-state index in [0.717, 1.165) is 24.0 Å². The van der Waals surface area contributed by atoms with Gasteiger partial charge in [0, 0.05) is 5.92 Å². The molecule has 0 aliphatic heterocycles. The highest BCUT2D eigenvalue weighted by Gasteiger charge is 2.22. The van der Waals surface area contributed by atoms with E-state index in [1.165, 1.54) is 11.1 Å². The SMILES string of the molecule is O=COCC1Cc2ccc(-c3ccc(O)cc3)cc2C1. The van der Waals surface area contributed by atoms with Crippen LogP contribution >= 0.6 is 0 Å². The van der Waals surface area contributed by atoms with E-state index in [1.54, 1.807) is 12.1 Å². The molecule has 0 saturated heterocycles. The summed E-state index contributed by atoms with van der Waals surface area (Å²) in [6, 6.07) is 13.7. The van der Waals surface area contributed by atoms with Crippen LogP contribution in [-0.2, 0) is 22.4 Å². The van der Waals surface area contributed by atoms with Crippen molar-refractivity contribution in [2.75, 3.05) is 6.61 Å². The Kier molecular flexibility index (Phi) is 3.42. The summed E-state index contributed by atoms with van der Waals surface area (Å²) in [7, 11) is 0. The Labute approximate surface area is 117 Å². The normalized spacial score (nSPS) is 16.7. The second kappa shape index (κ2) is 5.37. The summed E-state index contributed by atoms with van der Waals surface area (Å²) in [6.45, 7) is 1.01. The van der Waals surface area contributed by atoms with Crippen molar-refractivity contribution >= 4 is 6.47 Å². The van der Waals surface area contributed by atoms with Gasteiger partial charge in [-0.15, -0.1) is 0 Å². The van der Waals surface area contributed by atoms with Crippen LogP contribution < -0.4 is 0 Å². The Bertz CT molecular complexity index is 617. The molecule has 3 rings (SSSR count). The fourth-order valence-electron chi connectivity index (χ4n) is 2.84. The standard InChI is InChI=1S/C17H16O3/c18-11-20-10-12-7-14-1-2-15(9-16(14)8-12)13-3-5-17(19)6-4-13/h1-6,9,11-12,19H,7-8,10H2. The van der Waals surface area contributed by atoms with E-state index in [2.05, 4.69) is 18.2 Å². The molecule has 0 radical (unpaired) electrons. The third kappa shape index (κ3) is 2.52. The van der Waals surface area contributed by atoms with E-state index in [1.807, 2.05) is 12.1 Å². The number of carbonyl (C=O) groups excluding carboxylic acids is 1. The van der Waals surface area contributed by atoms with Gasteiger partial charge in [-0.3, -0.25) is 4.79 Å². The molecule has 0 amide bonds. The van der Waals surface area contributed by atoms with Gasteiger partial charge in [0.25, 0.3) is 6.47 Å². The van der Waals surface area contributed by atoms with Gasteiger partial charge >= 0.3 is 0 Å². The molecule has 0 fully saturated rings. The molecule has 3 heteroatoms. The fourth-order valence-corrected chi connectivity index (χ4v) is 2.84. The predicted molar refractivity (Wildman–Crippen MR) is 76.5 cm³/mol. The zero-order valence-corrected chi connectivity index (χ0v) is 11.1. The summed E-state index contributed by atoms with van der Waals surface area (Å²) in [6.07, 6.45) is 1.92. The van der Waals surface area contributed by atoms with E-state index in [-0.39, 0.29) is 5.75 Å². The molecule has 102 valence electrons. The lowest BCUT2D eigenvalue weighted by Crippen LogP contribution is -2.08. The number of rotatable bonds is 4. The number of hydrogen-bond donors (Lipinski definition) is 1. The minimum atomic E-state index is 0.279. The molecule has 1 aliphatic carbocycles. The summed E-state index contributed by atoms with van der Waals surface area (Å²) in [5.41, 5.74) is 4.92. The molecule has 1 unspecified atom stereocenters. The fraction of sp³-hybridized carbons (Fsp3) is 0.235. The Morgan fingerprint density at radius 3 is 2.50 bits per heavy atom. The Morgan fingerprint density at radius 2 is 1.75 bits per heavy atom. The van der Waals surface area contributed by atoms with Crippen LogP contribution in [0.5, 0.6) is 5.75 Å². The van der Waals surface area contributed by atoms with E-state index in [4.69, 9.17) is 4.74 Å². The molecular formula is C17H16O3. The quantitative estimate of drug-likeness (QED) is 0.867. The Balaban J connectivity index is 1.81. The maximum Gasteiger partial charge on any atom is 0.293 e. The predicted octanol–water partition coefficient (Wildman–Crippen LogP) is 2.95. The average Bonchev–Trinajstić information content (AvgIpc) is 2.87. The smallest absolute Gasteiger partial charge is 0.293 e. The molecule has 2 aromatic carbocycles. The maximum absolute atomic E-state index is 10.3. The highest BCUT2D eigenvalue weighted by Crippen LogP contribution is 2.31. The van der Waals surface area contributed by atoms with Crippen LogP contribution in [0.15, 0.2) is 42.5 Å². The van der Waals surface area contributed by atoms with Gasteiger partial charge in [-0.1, -0.05) is 30.3 Å². The molecule has 3 nitrogen and oxygen atoms in total. The number of fused-ring (bicyclic) bond motifs is 1. The first-order chi connectivity index (χ1) is 9.76. The highest BCUT2D eigenvalue weighted by molar-refractivity contribution is 5.66. The van der Waals surface area contributed by atoms with Gasteiger partial charge in [-0.2, -0.15) is 0 Å². The second-order valence-electron chi connectivity index (χ2n) is 5.23. The van der Waals surface area contributed by atoms with Gasteiger partial charge in [0.05, 0.1) is 6.61 Å². The van der Waals surface area contributed by atoms with Crippen LogP contribution in [0.3, 0.4) is 0 Å². The summed E-state index contributed by atoms with van der Waals surface area (Å²) in [4.78, 5) is 10.3. The molecule has 1 N–H and O–H groups in total. The number of ether oxygens (including phenoxy) is 1. The zero-order valence-electron chi connectivity index (χ0n) is 11.1. The number of aromatic hydroxyl groups is 1. The van der Waals surface area contributed by atoms with Gasteiger partial charge in [0.15, 0.2) is 0 Å². The minimum Gasteiger partial charge on any atom is -0.508 e. The molecule has 0 spiro atoms. The topological polar surface area (TPSA) is 46.5 Å². The molecule has 0 heterocycles. The van der Waals surface area contributed by atoms with Crippen LogP contribution in [0.2, 0.25) is 0 Å². The molecule has 1 aliphatic rings. The van der Waals surface area contributed by atoms with Crippen molar-refractivity contribution < 1.29 is 14.6 Å². The van der Waals surface area contributed by atoms with Crippen LogP contribution in [0.1, 0.15) is 11.1 Å². The van der Waals surface area contributed by atoms with Crippen LogP contribution in [0.25, 0.3) is 11.1 Å². The first kappa shape index (κ1) is 12.7. The third-order valence-corrected chi connectivity index (χ3v) is 3.82. The van der Waals surface area contributed by atoms with Gasteiger partial charge in [0.1, 0.15) is 5.75 Å². The van der Waals surface area contributed by atoms with Crippen molar-refractivity contribution in [1.82, 2.24) is 0 Å². The maximum atomic E-state index is 10.3. The highest BCUT2D eigenvalue weighted by atomic mass is 16.5. The van der Waals surface area contributed by atoms with Gasteiger partial charge in [0.2, 0.25) is 0 Å². The second-order valence-corrected chi connectivity index (χ2v) is 5.23. The average molecular weight is 268 g/mol. The lowest BCUT2D eigenvalue weighted by Gasteiger charge is -2.05. The van der Waals surface area contributed by atoms with E-state index in [9.17, 15) is 9.90 Å². The molecule has 0 saturated carbocycles. The van der Waals surface area contributed by atoms with Gasteiger partial charge < -0.3 is 9.84 Å². The number of carbonyl (C=O) groups is 1. The van der Waals surface area contributed by atoms with E-state index in [0.29, 0.717) is 19.0 Å².